The Labute approximate surface area is 98.6 Å². The third-order valence-corrected chi connectivity index (χ3v) is 2.50. The van der Waals surface area contributed by atoms with Crippen molar-refractivity contribution in [3.05, 3.63) is 29.8 Å². The van der Waals surface area contributed by atoms with Crippen LogP contribution in [0.3, 0.4) is 0 Å². The number of nitrogens with zero attached hydrogens (tertiary/aromatic N) is 1. The molecule has 1 aliphatic rings. The van der Waals surface area contributed by atoms with Crippen molar-refractivity contribution < 1.29 is 19.5 Å². The quantitative estimate of drug-likeness (QED) is 0.849. The van der Waals surface area contributed by atoms with E-state index in [2.05, 4.69) is 0 Å². The second-order valence-corrected chi connectivity index (χ2v) is 4.54. The summed E-state index contributed by atoms with van der Waals surface area (Å²) >= 11 is 0. The van der Waals surface area contributed by atoms with Gasteiger partial charge in [-0.3, -0.25) is 9.63 Å². The zero-order chi connectivity index (χ0) is 12.6. The molecule has 0 unspecified atom stereocenters. The van der Waals surface area contributed by atoms with Crippen LogP contribution >= 0.6 is 0 Å². The molecule has 0 atom stereocenters. The monoisotopic (exact) mass is 235 g/mol. The summed E-state index contributed by atoms with van der Waals surface area (Å²) in [6.07, 6.45) is 0.237. The van der Waals surface area contributed by atoms with Gasteiger partial charge in [-0.2, -0.15) is 5.06 Å². The minimum absolute atomic E-state index is 0.0542. The lowest BCUT2D eigenvalue weighted by Crippen LogP contribution is -2.27. The maximum Gasteiger partial charge on any atom is 0.337 e. The molecule has 0 radical (unpaired) electrons. The number of amides is 1. The smallest absolute Gasteiger partial charge is 0.337 e. The molecule has 1 aromatic rings. The van der Waals surface area contributed by atoms with E-state index >= 15 is 0 Å². The number of para-hydroxylation sites is 1. The van der Waals surface area contributed by atoms with E-state index in [9.17, 15) is 9.59 Å². The minimum Gasteiger partial charge on any atom is -0.478 e. The summed E-state index contributed by atoms with van der Waals surface area (Å²) < 4.78 is 0. The maximum absolute atomic E-state index is 11.8. The summed E-state index contributed by atoms with van der Waals surface area (Å²) in [5.74, 6) is -1.31. The molecule has 1 N–H and O–H groups in total. The van der Waals surface area contributed by atoms with Gasteiger partial charge in [0, 0.05) is 0 Å². The van der Waals surface area contributed by atoms with E-state index in [0.717, 1.165) is 5.06 Å². The van der Waals surface area contributed by atoms with E-state index in [1.165, 1.54) is 6.07 Å². The minimum atomic E-state index is -1.08. The number of carboxylic acids is 1. The number of hydrogen-bond acceptors (Lipinski definition) is 3. The number of carbonyl (C=O) groups is 2. The highest BCUT2D eigenvalue weighted by atomic mass is 16.7. The van der Waals surface area contributed by atoms with Gasteiger partial charge in [-0.15, -0.1) is 0 Å². The second-order valence-electron chi connectivity index (χ2n) is 4.54. The summed E-state index contributed by atoms with van der Waals surface area (Å²) in [5, 5.41) is 10.1. The zero-order valence-corrected chi connectivity index (χ0v) is 9.64. The summed E-state index contributed by atoms with van der Waals surface area (Å²) in [7, 11) is 0. The third-order valence-electron chi connectivity index (χ3n) is 2.50. The highest BCUT2D eigenvalue weighted by molar-refractivity contribution is 6.01. The number of anilines is 1. The molecule has 1 fully saturated rings. The van der Waals surface area contributed by atoms with Gasteiger partial charge in [0.1, 0.15) is 5.60 Å². The lowest BCUT2D eigenvalue weighted by Gasteiger charge is -2.20. The Morgan fingerprint density at radius 1 is 1.41 bits per heavy atom. The van der Waals surface area contributed by atoms with E-state index < -0.39 is 11.6 Å². The number of carboxylic acid groups (broad SMARTS) is 1. The lowest BCUT2D eigenvalue weighted by atomic mass is 10.1. The molecule has 90 valence electrons. The van der Waals surface area contributed by atoms with Gasteiger partial charge in [0.05, 0.1) is 17.7 Å². The van der Waals surface area contributed by atoms with Crippen LogP contribution in [0.2, 0.25) is 0 Å². The maximum atomic E-state index is 11.8. The SMILES string of the molecule is CC1(C)CC(=O)N(c2ccccc2C(=O)O)O1. The van der Waals surface area contributed by atoms with Crippen LogP contribution in [0.1, 0.15) is 30.6 Å². The third kappa shape index (κ3) is 2.14. The van der Waals surface area contributed by atoms with Crippen molar-refractivity contribution in [2.75, 3.05) is 5.06 Å². The standard InChI is InChI=1S/C12H13NO4/c1-12(2)7-10(14)13(17-12)9-6-4-3-5-8(9)11(15)16/h3-6H,7H2,1-2H3,(H,15,16). The fourth-order valence-electron chi connectivity index (χ4n) is 1.78. The van der Waals surface area contributed by atoms with Crippen molar-refractivity contribution in [3.8, 4) is 0 Å². The first-order valence-corrected chi connectivity index (χ1v) is 5.25. The molecule has 5 heteroatoms. The Bertz CT molecular complexity index is 481. The van der Waals surface area contributed by atoms with Gasteiger partial charge in [0.2, 0.25) is 0 Å². The van der Waals surface area contributed by atoms with Crippen molar-refractivity contribution in [1.29, 1.82) is 0 Å². The Morgan fingerprint density at radius 2 is 2.06 bits per heavy atom. The summed E-state index contributed by atoms with van der Waals surface area (Å²) in [6.45, 7) is 3.57. The first-order chi connectivity index (χ1) is 7.91. The van der Waals surface area contributed by atoms with Crippen LogP contribution in [0.15, 0.2) is 24.3 Å². The first-order valence-electron chi connectivity index (χ1n) is 5.25. The topological polar surface area (TPSA) is 66.8 Å². The molecule has 0 bridgehead atoms. The molecule has 2 rings (SSSR count). The van der Waals surface area contributed by atoms with Gasteiger partial charge in [0.25, 0.3) is 5.91 Å². The number of benzene rings is 1. The predicted molar refractivity (Wildman–Crippen MR) is 60.7 cm³/mol. The Kier molecular flexibility index (Phi) is 2.63. The normalized spacial score (nSPS) is 18.5. The number of aromatic carboxylic acids is 1. The largest absolute Gasteiger partial charge is 0.478 e. The van der Waals surface area contributed by atoms with Gasteiger partial charge in [-0.1, -0.05) is 12.1 Å². The van der Waals surface area contributed by atoms with Crippen LogP contribution in [0.5, 0.6) is 0 Å². The van der Waals surface area contributed by atoms with Crippen molar-refractivity contribution in [1.82, 2.24) is 0 Å². The number of rotatable bonds is 2. The van der Waals surface area contributed by atoms with Gasteiger partial charge < -0.3 is 5.11 Å². The van der Waals surface area contributed by atoms with E-state index in [-0.39, 0.29) is 23.6 Å². The first kappa shape index (κ1) is 11.6. The molecule has 5 nitrogen and oxygen atoms in total. The van der Waals surface area contributed by atoms with Crippen LogP contribution < -0.4 is 5.06 Å². The highest BCUT2D eigenvalue weighted by Crippen LogP contribution is 2.32. The molecule has 1 heterocycles. The average Bonchev–Trinajstić information content (AvgIpc) is 2.52. The van der Waals surface area contributed by atoms with Crippen molar-refractivity contribution in [2.45, 2.75) is 25.9 Å². The molecule has 17 heavy (non-hydrogen) atoms. The van der Waals surface area contributed by atoms with Gasteiger partial charge in [-0.25, -0.2) is 4.79 Å². The number of carbonyl (C=O) groups excluding carboxylic acids is 1. The molecule has 1 amide bonds. The number of hydrogen-bond donors (Lipinski definition) is 1. The summed E-state index contributed by atoms with van der Waals surface area (Å²) in [6, 6.07) is 6.28. The van der Waals surface area contributed by atoms with Gasteiger partial charge in [0.15, 0.2) is 0 Å². The van der Waals surface area contributed by atoms with Crippen LogP contribution in [0.4, 0.5) is 5.69 Å². The second kappa shape index (κ2) is 3.85. The Hall–Kier alpha value is -1.88. The van der Waals surface area contributed by atoms with Crippen molar-refractivity contribution in [3.63, 3.8) is 0 Å². The predicted octanol–water partition coefficient (Wildman–Crippen LogP) is 1.83. The molecule has 0 spiro atoms. The molecule has 0 aliphatic carbocycles. The molecule has 1 aromatic carbocycles. The number of hydroxylamine groups is 1. The van der Waals surface area contributed by atoms with Crippen molar-refractivity contribution in [2.24, 2.45) is 0 Å². The van der Waals surface area contributed by atoms with Crippen molar-refractivity contribution >= 4 is 17.6 Å². The van der Waals surface area contributed by atoms with E-state index in [1.807, 2.05) is 0 Å². The van der Waals surface area contributed by atoms with Crippen LogP contribution in [0, 0.1) is 0 Å². The Balaban J connectivity index is 2.42. The summed E-state index contributed by atoms with van der Waals surface area (Å²) in [5.41, 5.74) is -0.267. The average molecular weight is 235 g/mol. The molecule has 0 saturated carbocycles. The van der Waals surface area contributed by atoms with Gasteiger partial charge >= 0.3 is 5.97 Å². The highest BCUT2D eigenvalue weighted by Gasteiger charge is 2.39. The molecular weight excluding hydrogens is 222 g/mol. The fourth-order valence-corrected chi connectivity index (χ4v) is 1.78. The Morgan fingerprint density at radius 3 is 2.59 bits per heavy atom. The van der Waals surface area contributed by atoms with Crippen LogP contribution in [-0.2, 0) is 9.63 Å². The van der Waals surface area contributed by atoms with Gasteiger partial charge in [-0.05, 0) is 26.0 Å². The van der Waals surface area contributed by atoms with Crippen LogP contribution in [-0.4, -0.2) is 22.6 Å². The molecule has 1 aliphatic heterocycles. The molecule has 1 saturated heterocycles. The lowest BCUT2D eigenvalue weighted by molar-refractivity contribution is -0.119. The molecule has 0 aromatic heterocycles. The summed E-state index contributed by atoms with van der Waals surface area (Å²) in [4.78, 5) is 28.3. The van der Waals surface area contributed by atoms with E-state index in [0.29, 0.717) is 0 Å². The van der Waals surface area contributed by atoms with E-state index in [4.69, 9.17) is 9.94 Å². The van der Waals surface area contributed by atoms with E-state index in [1.54, 1.807) is 32.0 Å². The fraction of sp³-hybridized carbons (Fsp3) is 0.333. The molecular formula is C12H13NO4. The van der Waals surface area contributed by atoms with Crippen LogP contribution in [0.25, 0.3) is 0 Å². The zero-order valence-electron chi connectivity index (χ0n) is 9.64.